The number of carbonyl (C=O) groups is 1. The third kappa shape index (κ3) is 4.56. The average molecular weight is 176 g/mol. The van der Waals surface area contributed by atoms with Crippen LogP contribution in [0.4, 0.5) is 0 Å². The van der Waals surface area contributed by atoms with Crippen LogP contribution < -0.4 is 0 Å². The zero-order valence-electron chi connectivity index (χ0n) is 6.72. The first kappa shape index (κ1) is 10.2. The molecule has 0 amide bonds. The molecule has 0 atom stereocenters. The van der Waals surface area contributed by atoms with Crippen molar-refractivity contribution in [1.82, 2.24) is 0 Å². The molecule has 11 heavy (non-hydrogen) atoms. The van der Waals surface area contributed by atoms with Gasteiger partial charge in [0.2, 0.25) is 5.24 Å². The molecule has 0 aromatic carbocycles. The summed E-state index contributed by atoms with van der Waals surface area (Å²) in [6.07, 6.45) is 1.29. The van der Waals surface area contributed by atoms with Crippen LogP contribution in [0.3, 0.4) is 0 Å². The van der Waals surface area contributed by atoms with Crippen molar-refractivity contribution in [3.63, 3.8) is 0 Å². The number of hydrogen-bond donors (Lipinski definition) is 0. The van der Waals surface area contributed by atoms with E-state index in [4.69, 9.17) is 11.6 Å². The van der Waals surface area contributed by atoms with Gasteiger partial charge >= 0.3 is 0 Å². The molecule has 0 spiro atoms. The highest BCUT2D eigenvalue weighted by Gasteiger charge is 1.97. The lowest BCUT2D eigenvalue weighted by molar-refractivity contribution is -0.107. The Hall–Kier alpha value is -0.830. The Balaban J connectivity index is 4.35. The smallest absolute Gasteiger partial charge is 0.245 e. The summed E-state index contributed by atoms with van der Waals surface area (Å²) in [5.41, 5.74) is 1.34. The summed E-state index contributed by atoms with van der Waals surface area (Å²) in [5.74, 6) is 0. The van der Waals surface area contributed by atoms with Gasteiger partial charge in [-0.15, -0.1) is 0 Å². The van der Waals surface area contributed by atoms with E-state index in [-0.39, 0.29) is 0 Å². The number of halogens is 1. The summed E-state index contributed by atoms with van der Waals surface area (Å²) in [6, 6.07) is 0. The summed E-state index contributed by atoms with van der Waals surface area (Å²) in [6.45, 7) is 3.47. The lowest BCUT2D eigenvalue weighted by Crippen LogP contribution is -1.95. The van der Waals surface area contributed by atoms with E-state index in [9.17, 15) is 4.79 Å². The van der Waals surface area contributed by atoms with E-state index in [1.807, 2.05) is 0 Å². The minimum atomic E-state index is -0.506. The lowest BCUT2D eigenvalue weighted by Gasteiger charge is -1.96. The first-order valence-electron chi connectivity index (χ1n) is 3.03. The van der Waals surface area contributed by atoms with E-state index in [1.165, 1.54) is 13.2 Å². The van der Waals surface area contributed by atoms with Crippen molar-refractivity contribution in [3.05, 3.63) is 11.6 Å². The Morgan fingerprint density at radius 2 is 2.09 bits per heavy atom. The quantitative estimate of drug-likeness (QED) is 0.284. The fourth-order valence-corrected chi connectivity index (χ4v) is 0.647. The second-order valence-corrected chi connectivity index (χ2v) is 2.36. The highest BCUT2D eigenvalue weighted by Crippen LogP contribution is 1.98. The van der Waals surface area contributed by atoms with Crippen LogP contribution in [0, 0.1) is 0 Å². The molecular formula is C7H10ClNO2. The molecule has 0 N–H and O–H groups in total. The summed E-state index contributed by atoms with van der Waals surface area (Å²) in [5, 5.41) is 3.11. The maximum absolute atomic E-state index is 10.4. The maximum atomic E-state index is 10.4. The molecule has 0 rings (SSSR count). The monoisotopic (exact) mass is 175 g/mol. The molecule has 0 bridgehead atoms. The molecule has 4 heteroatoms. The van der Waals surface area contributed by atoms with Crippen molar-refractivity contribution in [3.8, 4) is 0 Å². The van der Waals surface area contributed by atoms with Crippen LogP contribution >= 0.6 is 11.6 Å². The molecule has 0 aliphatic heterocycles. The molecule has 0 aromatic rings. The van der Waals surface area contributed by atoms with Gasteiger partial charge in [0.15, 0.2) is 0 Å². The van der Waals surface area contributed by atoms with E-state index in [1.54, 1.807) is 13.8 Å². The molecule has 0 fully saturated rings. The highest BCUT2D eigenvalue weighted by molar-refractivity contribution is 6.66. The van der Waals surface area contributed by atoms with E-state index in [0.29, 0.717) is 11.3 Å². The van der Waals surface area contributed by atoms with Crippen LogP contribution in [-0.2, 0) is 9.63 Å². The zero-order valence-corrected chi connectivity index (χ0v) is 7.47. The van der Waals surface area contributed by atoms with Crippen LogP contribution in [0.15, 0.2) is 16.8 Å². The largest absolute Gasteiger partial charge is 0.399 e. The van der Waals surface area contributed by atoms with Gasteiger partial charge in [-0.1, -0.05) is 5.16 Å². The minimum Gasteiger partial charge on any atom is -0.399 e. The molecule has 0 aliphatic rings. The van der Waals surface area contributed by atoms with Crippen LogP contribution in [0.25, 0.3) is 0 Å². The van der Waals surface area contributed by atoms with E-state index >= 15 is 0 Å². The molecule has 0 saturated carbocycles. The molecule has 62 valence electrons. The number of oxime groups is 1. The summed E-state index contributed by atoms with van der Waals surface area (Å²) < 4.78 is 0. The van der Waals surface area contributed by atoms with Gasteiger partial charge in [-0.05, 0) is 31.0 Å². The van der Waals surface area contributed by atoms with E-state index in [0.717, 1.165) is 0 Å². The molecule has 0 radical (unpaired) electrons. The van der Waals surface area contributed by atoms with Gasteiger partial charge in [-0.25, -0.2) is 0 Å². The van der Waals surface area contributed by atoms with Gasteiger partial charge in [0, 0.05) is 6.08 Å². The normalized spacial score (nSPS) is 13.1. The second-order valence-electron chi connectivity index (χ2n) is 1.99. The second kappa shape index (κ2) is 4.91. The number of rotatable bonds is 3. The number of allylic oxidation sites excluding steroid dienone is 2. The van der Waals surface area contributed by atoms with Crippen molar-refractivity contribution in [2.24, 2.45) is 5.16 Å². The first-order valence-corrected chi connectivity index (χ1v) is 3.41. The van der Waals surface area contributed by atoms with Crippen molar-refractivity contribution in [2.75, 3.05) is 7.11 Å². The standard InChI is InChI=1S/C7H10ClNO2/c1-5(4-7(8)10)6(2)9-11-3/h4H,1-3H3/b5-4+,9-6+. The molecule has 3 nitrogen and oxygen atoms in total. The third-order valence-electron chi connectivity index (χ3n) is 1.13. The third-order valence-corrected chi connectivity index (χ3v) is 1.24. The lowest BCUT2D eigenvalue weighted by atomic mass is 10.2. The SMILES string of the molecule is CO/N=C(C)/C(C)=C/C(=O)Cl. The Morgan fingerprint density at radius 1 is 1.55 bits per heavy atom. The molecule has 0 heterocycles. The van der Waals surface area contributed by atoms with E-state index in [2.05, 4.69) is 9.99 Å². The summed E-state index contributed by atoms with van der Waals surface area (Å²) in [4.78, 5) is 14.9. The molecule has 0 aromatic heterocycles. The summed E-state index contributed by atoms with van der Waals surface area (Å²) >= 11 is 5.11. The highest BCUT2D eigenvalue weighted by atomic mass is 35.5. The topological polar surface area (TPSA) is 38.7 Å². The fraction of sp³-hybridized carbons (Fsp3) is 0.429. The van der Waals surface area contributed by atoms with Crippen LogP contribution in [0.1, 0.15) is 13.8 Å². The fourth-order valence-electron chi connectivity index (χ4n) is 0.484. The Labute approximate surface area is 70.7 Å². The number of hydrogen-bond acceptors (Lipinski definition) is 3. The van der Waals surface area contributed by atoms with Gasteiger partial charge in [-0.2, -0.15) is 0 Å². The zero-order chi connectivity index (χ0) is 8.85. The molecule has 0 saturated heterocycles. The van der Waals surface area contributed by atoms with Crippen molar-refractivity contribution < 1.29 is 9.63 Å². The van der Waals surface area contributed by atoms with Gasteiger partial charge < -0.3 is 4.84 Å². The maximum Gasteiger partial charge on any atom is 0.245 e. The van der Waals surface area contributed by atoms with Crippen molar-refractivity contribution >= 4 is 22.6 Å². The van der Waals surface area contributed by atoms with Gasteiger partial charge in [-0.3, -0.25) is 4.79 Å². The first-order chi connectivity index (χ1) is 5.07. The van der Waals surface area contributed by atoms with Crippen molar-refractivity contribution in [2.45, 2.75) is 13.8 Å². The predicted octanol–water partition coefficient (Wildman–Crippen LogP) is 1.72. The Kier molecular flexibility index (Phi) is 4.54. The molecule has 0 aliphatic carbocycles. The van der Waals surface area contributed by atoms with Crippen LogP contribution in [0.5, 0.6) is 0 Å². The van der Waals surface area contributed by atoms with Crippen LogP contribution in [-0.4, -0.2) is 18.1 Å². The molecular weight excluding hydrogens is 166 g/mol. The summed E-state index contributed by atoms with van der Waals surface area (Å²) in [7, 11) is 1.44. The Bertz CT molecular complexity index is 208. The number of carbonyl (C=O) groups excluding carboxylic acids is 1. The predicted molar refractivity (Wildman–Crippen MR) is 44.7 cm³/mol. The van der Waals surface area contributed by atoms with Crippen molar-refractivity contribution in [1.29, 1.82) is 0 Å². The Morgan fingerprint density at radius 3 is 2.45 bits per heavy atom. The van der Waals surface area contributed by atoms with E-state index < -0.39 is 5.24 Å². The van der Waals surface area contributed by atoms with Gasteiger partial charge in [0.05, 0.1) is 5.71 Å². The van der Waals surface area contributed by atoms with Gasteiger partial charge in [0.25, 0.3) is 0 Å². The van der Waals surface area contributed by atoms with Gasteiger partial charge in [0.1, 0.15) is 7.11 Å². The average Bonchev–Trinajstić information content (AvgIpc) is 1.86. The number of nitrogens with zero attached hydrogens (tertiary/aromatic N) is 1. The minimum absolute atomic E-state index is 0.506. The molecule has 0 unspecified atom stereocenters. The van der Waals surface area contributed by atoms with Crippen LogP contribution in [0.2, 0.25) is 0 Å².